The fraction of sp³-hybridized carbons (Fsp3) is 0. The van der Waals surface area contributed by atoms with Crippen LogP contribution in [0.5, 0.6) is 0 Å². The molecular formula is C16H13N. The first kappa shape index (κ1) is 9.91. The second-order valence-electron chi connectivity index (χ2n) is 4.04. The first-order valence-electron chi connectivity index (χ1n) is 5.68. The topological polar surface area (TPSA) is 15.8 Å². The second-order valence-corrected chi connectivity index (χ2v) is 4.04. The quantitative estimate of drug-likeness (QED) is 0.610. The summed E-state index contributed by atoms with van der Waals surface area (Å²) in [4.78, 5) is 3.47. The molecule has 1 heterocycles. The van der Waals surface area contributed by atoms with Crippen LogP contribution in [0.1, 0.15) is 5.56 Å². The van der Waals surface area contributed by atoms with Crippen LogP contribution in [0, 0.1) is 0 Å². The van der Waals surface area contributed by atoms with E-state index in [1.54, 1.807) is 6.08 Å². The number of hydrogen-bond donors (Lipinski definition) is 1. The molecule has 1 nitrogen and oxygen atoms in total. The summed E-state index contributed by atoms with van der Waals surface area (Å²) < 4.78 is 0. The smallest absolute Gasteiger partial charge is 0.0538 e. The molecule has 0 saturated carbocycles. The van der Waals surface area contributed by atoms with E-state index >= 15 is 0 Å². The zero-order valence-corrected chi connectivity index (χ0v) is 9.48. The van der Waals surface area contributed by atoms with Crippen LogP contribution in [0.4, 0.5) is 0 Å². The SMILES string of the molecule is C=CC=Cc1cccc2c1[nH]c1ccccc12. The van der Waals surface area contributed by atoms with Gasteiger partial charge < -0.3 is 4.98 Å². The predicted octanol–water partition coefficient (Wildman–Crippen LogP) is 4.52. The molecule has 0 unspecified atom stereocenters. The molecule has 0 bridgehead atoms. The highest BCUT2D eigenvalue weighted by Crippen LogP contribution is 2.27. The van der Waals surface area contributed by atoms with E-state index in [4.69, 9.17) is 0 Å². The average molecular weight is 219 g/mol. The van der Waals surface area contributed by atoms with Gasteiger partial charge in [-0.15, -0.1) is 0 Å². The van der Waals surface area contributed by atoms with Crippen LogP contribution in [0.3, 0.4) is 0 Å². The molecule has 1 heteroatoms. The molecule has 0 amide bonds. The number of para-hydroxylation sites is 2. The number of allylic oxidation sites excluding steroid dienone is 2. The maximum Gasteiger partial charge on any atom is 0.0538 e. The molecule has 3 aromatic rings. The van der Waals surface area contributed by atoms with Crippen molar-refractivity contribution in [2.75, 3.05) is 0 Å². The third-order valence-electron chi connectivity index (χ3n) is 2.99. The van der Waals surface area contributed by atoms with Gasteiger partial charge in [0.05, 0.1) is 5.52 Å². The molecule has 1 N–H and O–H groups in total. The van der Waals surface area contributed by atoms with Gasteiger partial charge in [-0.2, -0.15) is 0 Å². The molecule has 17 heavy (non-hydrogen) atoms. The molecule has 82 valence electrons. The van der Waals surface area contributed by atoms with E-state index in [0.29, 0.717) is 0 Å². The van der Waals surface area contributed by atoms with Gasteiger partial charge in [0.1, 0.15) is 0 Å². The summed E-state index contributed by atoms with van der Waals surface area (Å²) in [6, 6.07) is 14.7. The van der Waals surface area contributed by atoms with Crippen LogP contribution in [0.15, 0.2) is 61.2 Å². The van der Waals surface area contributed by atoms with E-state index in [9.17, 15) is 0 Å². The Kier molecular flexibility index (Phi) is 2.30. The molecule has 0 aliphatic heterocycles. The van der Waals surface area contributed by atoms with Crippen molar-refractivity contribution in [2.24, 2.45) is 0 Å². The highest BCUT2D eigenvalue weighted by atomic mass is 14.7. The highest BCUT2D eigenvalue weighted by molar-refractivity contribution is 6.09. The summed E-state index contributed by atoms with van der Waals surface area (Å²) in [6.07, 6.45) is 5.83. The van der Waals surface area contributed by atoms with Crippen LogP contribution in [0.25, 0.3) is 27.9 Å². The maximum atomic E-state index is 3.70. The van der Waals surface area contributed by atoms with Gasteiger partial charge in [-0.1, -0.05) is 61.2 Å². The standard InChI is InChI=1S/C16H13N/c1-2-3-7-12-8-6-10-14-13-9-4-5-11-15(13)17-16(12)14/h2-11,17H,1H2. The van der Waals surface area contributed by atoms with Crippen molar-refractivity contribution in [3.05, 3.63) is 66.8 Å². The van der Waals surface area contributed by atoms with Gasteiger partial charge in [-0.3, -0.25) is 0 Å². The van der Waals surface area contributed by atoms with E-state index in [2.05, 4.69) is 60.1 Å². The number of benzene rings is 2. The fourth-order valence-corrected chi connectivity index (χ4v) is 2.21. The lowest BCUT2D eigenvalue weighted by Gasteiger charge is -1.95. The third-order valence-corrected chi connectivity index (χ3v) is 2.99. The summed E-state index contributed by atoms with van der Waals surface area (Å²) >= 11 is 0. The maximum absolute atomic E-state index is 3.70. The summed E-state index contributed by atoms with van der Waals surface area (Å²) in [5, 5.41) is 2.54. The first-order valence-corrected chi connectivity index (χ1v) is 5.68. The number of rotatable bonds is 2. The molecule has 0 saturated heterocycles. The van der Waals surface area contributed by atoms with Crippen LogP contribution in [-0.2, 0) is 0 Å². The van der Waals surface area contributed by atoms with E-state index in [-0.39, 0.29) is 0 Å². The first-order chi connectivity index (χ1) is 8.40. The lowest BCUT2D eigenvalue weighted by molar-refractivity contribution is 1.53. The minimum Gasteiger partial charge on any atom is -0.354 e. The Morgan fingerprint density at radius 1 is 0.941 bits per heavy atom. The molecule has 3 rings (SSSR count). The van der Waals surface area contributed by atoms with Gasteiger partial charge in [-0.05, 0) is 11.6 Å². The molecule has 0 aliphatic rings. The Morgan fingerprint density at radius 2 is 1.76 bits per heavy atom. The average Bonchev–Trinajstić information content (AvgIpc) is 2.75. The van der Waals surface area contributed by atoms with E-state index < -0.39 is 0 Å². The molecule has 2 aromatic carbocycles. The molecule has 0 spiro atoms. The van der Waals surface area contributed by atoms with Crippen LogP contribution >= 0.6 is 0 Å². The van der Waals surface area contributed by atoms with E-state index in [1.807, 2.05) is 6.08 Å². The van der Waals surface area contributed by atoms with Crippen molar-refractivity contribution in [1.29, 1.82) is 0 Å². The molecule has 0 fully saturated rings. The van der Waals surface area contributed by atoms with E-state index in [0.717, 1.165) is 0 Å². The monoisotopic (exact) mass is 219 g/mol. The summed E-state index contributed by atoms with van der Waals surface area (Å²) in [5.41, 5.74) is 3.56. The van der Waals surface area contributed by atoms with Crippen LogP contribution in [-0.4, -0.2) is 4.98 Å². The Morgan fingerprint density at radius 3 is 2.65 bits per heavy atom. The normalized spacial score (nSPS) is 11.5. The number of hydrogen-bond acceptors (Lipinski definition) is 0. The van der Waals surface area contributed by atoms with Crippen molar-refractivity contribution in [2.45, 2.75) is 0 Å². The minimum atomic E-state index is 1.18. The Labute approximate surface area is 100 Å². The van der Waals surface area contributed by atoms with Gasteiger partial charge in [0, 0.05) is 16.3 Å². The molecule has 0 radical (unpaired) electrons. The summed E-state index contributed by atoms with van der Waals surface area (Å²) in [5.74, 6) is 0. The van der Waals surface area contributed by atoms with Crippen molar-refractivity contribution in [1.82, 2.24) is 4.98 Å². The second kappa shape index (κ2) is 3.95. The summed E-state index contributed by atoms with van der Waals surface area (Å²) in [6.45, 7) is 3.70. The zero-order chi connectivity index (χ0) is 11.7. The fourth-order valence-electron chi connectivity index (χ4n) is 2.21. The van der Waals surface area contributed by atoms with Gasteiger partial charge in [0.15, 0.2) is 0 Å². The lowest BCUT2D eigenvalue weighted by Crippen LogP contribution is -1.75. The minimum absolute atomic E-state index is 1.18. The number of nitrogens with one attached hydrogen (secondary N) is 1. The molecule has 0 atom stereocenters. The van der Waals surface area contributed by atoms with Gasteiger partial charge >= 0.3 is 0 Å². The van der Waals surface area contributed by atoms with Crippen molar-refractivity contribution >= 4 is 27.9 Å². The molecular weight excluding hydrogens is 206 g/mol. The summed E-state index contributed by atoms with van der Waals surface area (Å²) in [7, 11) is 0. The Hall–Kier alpha value is -2.28. The molecule has 0 aliphatic carbocycles. The number of aromatic nitrogens is 1. The van der Waals surface area contributed by atoms with Crippen LogP contribution in [0.2, 0.25) is 0 Å². The Balaban J connectivity index is 2.39. The number of aromatic amines is 1. The van der Waals surface area contributed by atoms with Gasteiger partial charge in [0.2, 0.25) is 0 Å². The largest absolute Gasteiger partial charge is 0.354 e. The third kappa shape index (κ3) is 1.56. The van der Waals surface area contributed by atoms with Gasteiger partial charge in [-0.25, -0.2) is 0 Å². The molecule has 1 aromatic heterocycles. The highest BCUT2D eigenvalue weighted by Gasteiger charge is 2.04. The number of H-pyrrole nitrogens is 1. The van der Waals surface area contributed by atoms with Crippen molar-refractivity contribution < 1.29 is 0 Å². The van der Waals surface area contributed by atoms with E-state index in [1.165, 1.54) is 27.4 Å². The van der Waals surface area contributed by atoms with Crippen molar-refractivity contribution in [3.63, 3.8) is 0 Å². The Bertz CT molecular complexity index is 717. The van der Waals surface area contributed by atoms with Gasteiger partial charge in [0.25, 0.3) is 0 Å². The number of fused-ring (bicyclic) bond motifs is 3. The zero-order valence-electron chi connectivity index (χ0n) is 9.48. The predicted molar refractivity (Wildman–Crippen MR) is 75.0 cm³/mol. The van der Waals surface area contributed by atoms with Crippen LogP contribution < -0.4 is 0 Å². The van der Waals surface area contributed by atoms with Crippen molar-refractivity contribution in [3.8, 4) is 0 Å². The lowest BCUT2D eigenvalue weighted by atomic mass is 10.1.